The Morgan fingerprint density at radius 2 is 1.88 bits per heavy atom. The van der Waals surface area contributed by atoms with Gasteiger partial charge in [-0.05, 0) is 66.6 Å². The molecule has 1 amide bonds. The fourth-order valence-corrected chi connectivity index (χ4v) is 4.53. The second kappa shape index (κ2) is 10.8. The van der Waals surface area contributed by atoms with Crippen LogP contribution in [0.1, 0.15) is 42.5 Å². The van der Waals surface area contributed by atoms with E-state index in [1.807, 2.05) is 6.07 Å². The predicted octanol–water partition coefficient (Wildman–Crippen LogP) is 3.50. The molecule has 1 aliphatic carbocycles. The molecular formula is C26H28F2N4O2. The van der Waals surface area contributed by atoms with Gasteiger partial charge in [0, 0.05) is 43.5 Å². The molecule has 0 fully saturated rings. The highest BCUT2D eigenvalue weighted by molar-refractivity contribution is 5.73. The van der Waals surface area contributed by atoms with Gasteiger partial charge in [-0.2, -0.15) is 0 Å². The van der Waals surface area contributed by atoms with Crippen LogP contribution in [0.3, 0.4) is 0 Å². The smallest absolute Gasteiger partial charge is 0.217 e. The third kappa shape index (κ3) is 6.01. The van der Waals surface area contributed by atoms with E-state index in [9.17, 15) is 18.7 Å². The summed E-state index contributed by atoms with van der Waals surface area (Å²) in [5.41, 5.74) is 3.68. The van der Waals surface area contributed by atoms with Crippen molar-refractivity contribution in [2.45, 2.75) is 50.8 Å². The summed E-state index contributed by atoms with van der Waals surface area (Å²) in [6.07, 6.45) is 5.46. The normalized spacial score (nSPS) is 17.0. The van der Waals surface area contributed by atoms with Crippen molar-refractivity contribution in [1.29, 1.82) is 0 Å². The van der Waals surface area contributed by atoms with Gasteiger partial charge >= 0.3 is 0 Å². The molecule has 0 bridgehead atoms. The molecule has 1 heterocycles. The molecule has 2 aromatic carbocycles. The lowest BCUT2D eigenvalue weighted by atomic mass is 9.86. The first-order valence-electron chi connectivity index (χ1n) is 11.4. The van der Waals surface area contributed by atoms with Gasteiger partial charge in [-0.3, -0.25) is 4.79 Å². The largest absolute Gasteiger partial charge is 0.390 e. The Kier molecular flexibility index (Phi) is 7.59. The number of rotatable bonds is 8. The number of hydrogen-bond acceptors (Lipinski definition) is 5. The summed E-state index contributed by atoms with van der Waals surface area (Å²) in [5.74, 6) is -1.05. The maximum absolute atomic E-state index is 13.6. The number of amides is 1. The van der Waals surface area contributed by atoms with E-state index >= 15 is 0 Å². The second-order valence-electron chi connectivity index (χ2n) is 8.70. The number of nitrogens with one attached hydrogen (secondary N) is 2. The molecule has 4 rings (SSSR count). The van der Waals surface area contributed by atoms with Crippen molar-refractivity contribution in [2.24, 2.45) is 0 Å². The Morgan fingerprint density at radius 3 is 2.59 bits per heavy atom. The minimum Gasteiger partial charge on any atom is -0.390 e. The minimum absolute atomic E-state index is 0.0201. The van der Waals surface area contributed by atoms with Gasteiger partial charge in [-0.15, -0.1) is 0 Å². The molecule has 0 radical (unpaired) electrons. The van der Waals surface area contributed by atoms with E-state index in [2.05, 4.69) is 32.7 Å². The van der Waals surface area contributed by atoms with E-state index in [1.54, 1.807) is 18.5 Å². The van der Waals surface area contributed by atoms with E-state index in [-0.39, 0.29) is 24.9 Å². The molecule has 34 heavy (non-hydrogen) atoms. The number of hydrogen-bond donors (Lipinski definition) is 3. The Labute approximate surface area is 197 Å². The average Bonchev–Trinajstić information content (AvgIpc) is 2.81. The summed E-state index contributed by atoms with van der Waals surface area (Å²) >= 11 is 0. The molecule has 3 atom stereocenters. The first-order valence-corrected chi connectivity index (χ1v) is 11.4. The van der Waals surface area contributed by atoms with Gasteiger partial charge in [0.15, 0.2) is 5.82 Å². The van der Waals surface area contributed by atoms with Crippen LogP contribution in [0.15, 0.2) is 54.9 Å². The number of aliphatic hydroxyl groups is 1. The third-order valence-corrected chi connectivity index (χ3v) is 6.09. The zero-order valence-corrected chi connectivity index (χ0v) is 19.0. The van der Waals surface area contributed by atoms with Crippen LogP contribution in [-0.2, 0) is 17.6 Å². The molecular weight excluding hydrogens is 438 g/mol. The number of benzene rings is 2. The highest BCUT2D eigenvalue weighted by Crippen LogP contribution is 2.32. The Hall–Kier alpha value is -3.23. The predicted molar refractivity (Wildman–Crippen MR) is 125 cm³/mol. The lowest BCUT2D eigenvalue weighted by Gasteiger charge is -2.30. The SMILES string of the molecule is CC(=O)N[C@@H](Cc1cc(F)cc(F)c1)[C@H](O)CNC1CCCc2ccc(-c3ncccn3)cc21. The van der Waals surface area contributed by atoms with Crippen molar-refractivity contribution in [3.05, 3.63) is 83.2 Å². The van der Waals surface area contributed by atoms with Gasteiger partial charge < -0.3 is 15.7 Å². The number of fused-ring (bicyclic) bond motifs is 1. The van der Waals surface area contributed by atoms with Crippen LogP contribution >= 0.6 is 0 Å². The summed E-state index contributed by atoms with van der Waals surface area (Å²) in [6, 6.07) is 10.5. The van der Waals surface area contributed by atoms with Crippen LogP contribution in [0.25, 0.3) is 11.4 Å². The molecule has 0 saturated carbocycles. The van der Waals surface area contributed by atoms with Crippen LogP contribution in [-0.4, -0.2) is 39.7 Å². The minimum atomic E-state index is -0.957. The van der Waals surface area contributed by atoms with Gasteiger partial charge in [0.1, 0.15) is 11.6 Å². The van der Waals surface area contributed by atoms with Gasteiger partial charge in [0.05, 0.1) is 12.1 Å². The van der Waals surface area contributed by atoms with Crippen molar-refractivity contribution in [1.82, 2.24) is 20.6 Å². The van der Waals surface area contributed by atoms with Gasteiger partial charge in [0.25, 0.3) is 0 Å². The number of nitrogens with zero attached hydrogens (tertiary/aromatic N) is 2. The van der Waals surface area contributed by atoms with Crippen molar-refractivity contribution in [3.63, 3.8) is 0 Å². The molecule has 3 N–H and O–H groups in total. The monoisotopic (exact) mass is 466 g/mol. The first-order chi connectivity index (χ1) is 16.4. The van der Waals surface area contributed by atoms with Gasteiger partial charge in [-0.1, -0.05) is 12.1 Å². The molecule has 6 nitrogen and oxygen atoms in total. The van der Waals surface area contributed by atoms with Crippen LogP contribution < -0.4 is 10.6 Å². The molecule has 178 valence electrons. The molecule has 8 heteroatoms. The van der Waals surface area contributed by atoms with Crippen LogP contribution in [0.4, 0.5) is 8.78 Å². The number of carbonyl (C=O) groups is 1. The van der Waals surface area contributed by atoms with Gasteiger partial charge in [0.2, 0.25) is 5.91 Å². The van der Waals surface area contributed by atoms with Crippen molar-refractivity contribution in [2.75, 3.05) is 6.54 Å². The van der Waals surface area contributed by atoms with E-state index in [0.717, 1.165) is 36.5 Å². The zero-order valence-electron chi connectivity index (χ0n) is 19.0. The first kappa shape index (κ1) is 23.9. The second-order valence-corrected chi connectivity index (χ2v) is 8.70. The fourth-order valence-electron chi connectivity index (χ4n) is 4.53. The molecule has 1 aromatic heterocycles. The molecule has 1 aliphatic rings. The quantitative estimate of drug-likeness (QED) is 0.473. The summed E-state index contributed by atoms with van der Waals surface area (Å²) in [6.45, 7) is 1.56. The van der Waals surface area contributed by atoms with Crippen molar-refractivity contribution in [3.8, 4) is 11.4 Å². The number of aromatic nitrogens is 2. The van der Waals surface area contributed by atoms with Crippen LogP contribution in [0, 0.1) is 11.6 Å². The summed E-state index contributed by atoms with van der Waals surface area (Å²) in [4.78, 5) is 20.4. The molecule has 0 spiro atoms. The number of aryl methyl sites for hydroxylation is 1. The summed E-state index contributed by atoms with van der Waals surface area (Å²) in [7, 11) is 0. The van der Waals surface area contributed by atoms with E-state index in [0.29, 0.717) is 11.4 Å². The van der Waals surface area contributed by atoms with Crippen molar-refractivity contribution >= 4 is 5.91 Å². The molecule has 1 unspecified atom stereocenters. The fraction of sp³-hybridized carbons (Fsp3) is 0.346. The number of carbonyl (C=O) groups excluding carboxylic acids is 1. The molecule has 3 aromatic rings. The van der Waals surface area contributed by atoms with E-state index in [1.165, 1.54) is 24.6 Å². The summed E-state index contributed by atoms with van der Waals surface area (Å²) in [5, 5.41) is 17.0. The Bertz CT molecular complexity index is 1120. The highest BCUT2D eigenvalue weighted by Gasteiger charge is 2.25. The maximum atomic E-state index is 13.6. The average molecular weight is 467 g/mol. The standard InChI is InChI=1S/C26H28F2N4O2/c1-16(33)32-24(12-17-10-20(27)14-21(28)11-17)25(34)15-31-23-5-2-4-18-6-7-19(13-22(18)23)26-29-8-3-9-30-26/h3,6-11,13-14,23-25,31,34H,2,4-5,12,15H2,1H3,(H,32,33)/t23?,24-,25+/m0/s1. The van der Waals surface area contributed by atoms with Crippen LogP contribution in [0.2, 0.25) is 0 Å². The zero-order chi connectivity index (χ0) is 24.1. The summed E-state index contributed by atoms with van der Waals surface area (Å²) < 4.78 is 27.2. The molecule has 0 aliphatic heterocycles. The topological polar surface area (TPSA) is 87.1 Å². The highest BCUT2D eigenvalue weighted by atomic mass is 19.1. The maximum Gasteiger partial charge on any atom is 0.217 e. The lowest BCUT2D eigenvalue weighted by molar-refractivity contribution is -0.120. The Morgan fingerprint density at radius 1 is 1.15 bits per heavy atom. The Balaban J connectivity index is 1.48. The van der Waals surface area contributed by atoms with Crippen molar-refractivity contribution < 1.29 is 18.7 Å². The van der Waals surface area contributed by atoms with E-state index < -0.39 is 23.8 Å². The van der Waals surface area contributed by atoms with Crippen LogP contribution in [0.5, 0.6) is 0 Å². The molecule has 0 saturated heterocycles. The van der Waals surface area contributed by atoms with Gasteiger partial charge in [-0.25, -0.2) is 18.7 Å². The number of aliphatic hydroxyl groups excluding tert-OH is 1. The van der Waals surface area contributed by atoms with E-state index in [4.69, 9.17) is 0 Å². The lowest BCUT2D eigenvalue weighted by Crippen LogP contribution is -2.48. The third-order valence-electron chi connectivity index (χ3n) is 6.09. The number of halogens is 2.